The van der Waals surface area contributed by atoms with Crippen LogP contribution in [0.4, 0.5) is 5.69 Å². The van der Waals surface area contributed by atoms with Crippen LogP contribution in [0.25, 0.3) is 0 Å². The average Bonchev–Trinajstić information content (AvgIpc) is 2.45. The first-order valence-corrected chi connectivity index (χ1v) is 8.37. The summed E-state index contributed by atoms with van der Waals surface area (Å²) in [6.45, 7) is 6.39. The fraction of sp³-hybridized carbons (Fsp3) is 0.632. The van der Waals surface area contributed by atoms with Crippen molar-refractivity contribution in [3.8, 4) is 5.75 Å². The van der Waals surface area contributed by atoms with Crippen molar-refractivity contribution in [2.45, 2.75) is 64.3 Å². The summed E-state index contributed by atoms with van der Waals surface area (Å²) in [6.07, 6.45) is 8.13. The van der Waals surface area contributed by atoms with Crippen molar-refractivity contribution in [1.29, 1.82) is 0 Å². The lowest BCUT2D eigenvalue weighted by Crippen LogP contribution is -2.16. The molecule has 0 bridgehead atoms. The summed E-state index contributed by atoms with van der Waals surface area (Å²) >= 11 is 0. The zero-order valence-electron chi connectivity index (χ0n) is 14.7. The fourth-order valence-corrected chi connectivity index (χ4v) is 2.99. The van der Waals surface area contributed by atoms with Gasteiger partial charge in [-0.25, -0.2) is 0 Å². The van der Waals surface area contributed by atoms with E-state index in [1.165, 1.54) is 32.1 Å². The number of rotatable bonds is 3. The van der Waals surface area contributed by atoms with Crippen LogP contribution in [-0.2, 0) is 5.41 Å². The summed E-state index contributed by atoms with van der Waals surface area (Å²) in [5.41, 5.74) is 2.82. The lowest BCUT2D eigenvalue weighted by atomic mass is 9.84. The minimum Gasteiger partial charge on any atom is -0.507 e. The van der Waals surface area contributed by atoms with Crippen LogP contribution in [0.1, 0.15) is 64.0 Å². The zero-order chi connectivity index (χ0) is 16.3. The topological polar surface area (TPSA) is 35.8 Å². The van der Waals surface area contributed by atoms with Gasteiger partial charge in [0.05, 0.1) is 0 Å². The molecule has 2 rings (SSSR count). The Bertz CT molecular complexity index is 535. The normalized spacial score (nSPS) is 17.1. The molecule has 3 nitrogen and oxygen atoms in total. The quantitative estimate of drug-likeness (QED) is 0.834. The maximum atomic E-state index is 10.7. The van der Waals surface area contributed by atoms with Gasteiger partial charge in [0.1, 0.15) is 5.75 Å². The maximum absolute atomic E-state index is 10.7. The van der Waals surface area contributed by atoms with Gasteiger partial charge < -0.3 is 10.0 Å². The Balaban J connectivity index is 2.36. The Hall–Kier alpha value is -1.51. The molecule has 0 amide bonds. The number of anilines is 1. The van der Waals surface area contributed by atoms with Crippen molar-refractivity contribution in [1.82, 2.24) is 0 Å². The van der Waals surface area contributed by atoms with Gasteiger partial charge in [0.15, 0.2) is 0 Å². The number of aromatic hydroxyl groups is 1. The smallest absolute Gasteiger partial charge is 0.128 e. The molecule has 0 saturated heterocycles. The Labute approximate surface area is 135 Å². The van der Waals surface area contributed by atoms with Crippen molar-refractivity contribution in [2.24, 2.45) is 4.99 Å². The Morgan fingerprint density at radius 2 is 1.77 bits per heavy atom. The number of aliphatic imine (C=N–C) groups is 1. The molecule has 1 aliphatic carbocycles. The van der Waals surface area contributed by atoms with Crippen LogP contribution < -0.4 is 4.90 Å². The minimum absolute atomic E-state index is 0.0937. The second-order valence-corrected chi connectivity index (χ2v) is 7.65. The lowest BCUT2D eigenvalue weighted by Gasteiger charge is -2.25. The van der Waals surface area contributed by atoms with Crippen molar-refractivity contribution >= 4 is 11.9 Å². The Morgan fingerprint density at radius 3 is 2.32 bits per heavy atom. The Morgan fingerprint density at radius 1 is 1.14 bits per heavy atom. The molecule has 1 saturated carbocycles. The van der Waals surface area contributed by atoms with E-state index < -0.39 is 0 Å². The molecule has 0 atom stereocenters. The predicted octanol–water partition coefficient (Wildman–Crippen LogP) is 4.51. The van der Waals surface area contributed by atoms with E-state index in [0.29, 0.717) is 11.8 Å². The van der Waals surface area contributed by atoms with E-state index in [0.717, 1.165) is 16.8 Å². The molecule has 1 aliphatic rings. The van der Waals surface area contributed by atoms with Gasteiger partial charge in [0, 0.05) is 43.2 Å². The number of phenols is 1. The van der Waals surface area contributed by atoms with E-state index in [1.807, 2.05) is 26.4 Å². The molecule has 0 aliphatic heterocycles. The second kappa shape index (κ2) is 6.72. The van der Waals surface area contributed by atoms with E-state index >= 15 is 0 Å². The van der Waals surface area contributed by atoms with Crippen molar-refractivity contribution < 1.29 is 5.11 Å². The van der Waals surface area contributed by atoms with Gasteiger partial charge in [-0.3, -0.25) is 4.99 Å². The third-order valence-electron chi connectivity index (χ3n) is 4.45. The van der Waals surface area contributed by atoms with Crippen LogP contribution in [0.2, 0.25) is 0 Å². The summed E-state index contributed by atoms with van der Waals surface area (Å²) in [5.74, 6) is 0.373. The van der Waals surface area contributed by atoms with Crippen LogP contribution in [0, 0.1) is 0 Å². The SMILES string of the molecule is CN(C)c1cc(C=NC2CCCCC2)c(O)c(C(C)(C)C)c1. The second-order valence-electron chi connectivity index (χ2n) is 7.65. The Kier molecular flexibility index (Phi) is 5.15. The molecule has 122 valence electrons. The highest BCUT2D eigenvalue weighted by Crippen LogP contribution is 2.36. The number of hydrogen-bond donors (Lipinski definition) is 1. The molecule has 1 N–H and O–H groups in total. The molecule has 0 spiro atoms. The van der Waals surface area contributed by atoms with Crippen LogP contribution >= 0.6 is 0 Å². The number of phenolic OH excluding ortho intramolecular Hbond substituents is 1. The van der Waals surface area contributed by atoms with E-state index in [2.05, 4.69) is 31.7 Å². The van der Waals surface area contributed by atoms with Crippen LogP contribution in [-0.4, -0.2) is 31.5 Å². The highest BCUT2D eigenvalue weighted by atomic mass is 16.3. The highest BCUT2D eigenvalue weighted by molar-refractivity contribution is 5.86. The van der Waals surface area contributed by atoms with Crippen molar-refractivity contribution in [2.75, 3.05) is 19.0 Å². The first-order valence-electron chi connectivity index (χ1n) is 8.37. The van der Waals surface area contributed by atoms with E-state index in [1.54, 1.807) is 0 Å². The van der Waals surface area contributed by atoms with E-state index in [4.69, 9.17) is 4.99 Å². The van der Waals surface area contributed by atoms with Crippen molar-refractivity contribution in [3.05, 3.63) is 23.3 Å². The molecule has 1 fully saturated rings. The van der Waals surface area contributed by atoms with Crippen molar-refractivity contribution in [3.63, 3.8) is 0 Å². The first-order chi connectivity index (χ1) is 10.3. The molecular weight excluding hydrogens is 272 g/mol. The number of nitrogens with zero attached hydrogens (tertiary/aromatic N) is 2. The molecule has 3 heteroatoms. The molecule has 0 radical (unpaired) electrons. The molecule has 0 unspecified atom stereocenters. The molecular formula is C19H30N2O. The lowest BCUT2D eigenvalue weighted by molar-refractivity contribution is 0.441. The summed E-state index contributed by atoms with van der Waals surface area (Å²) in [5, 5.41) is 10.7. The summed E-state index contributed by atoms with van der Waals surface area (Å²) in [7, 11) is 4.06. The third-order valence-corrected chi connectivity index (χ3v) is 4.45. The first kappa shape index (κ1) is 16.9. The van der Waals surface area contributed by atoms with Gasteiger partial charge in [-0.2, -0.15) is 0 Å². The van der Waals surface area contributed by atoms with E-state index in [-0.39, 0.29) is 5.41 Å². The van der Waals surface area contributed by atoms with Crippen LogP contribution in [0.5, 0.6) is 5.75 Å². The molecule has 0 aromatic heterocycles. The highest BCUT2D eigenvalue weighted by Gasteiger charge is 2.21. The number of hydrogen-bond acceptors (Lipinski definition) is 3. The van der Waals surface area contributed by atoms with Gasteiger partial charge in [0.2, 0.25) is 0 Å². The monoisotopic (exact) mass is 302 g/mol. The summed E-state index contributed by atoms with van der Waals surface area (Å²) in [4.78, 5) is 6.81. The largest absolute Gasteiger partial charge is 0.507 e. The molecule has 1 aromatic carbocycles. The van der Waals surface area contributed by atoms with Gasteiger partial charge in [-0.15, -0.1) is 0 Å². The van der Waals surface area contributed by atoms with Gasteiger partial charge in [-0.1, -0.05) is 40.0 Å². The molecule has 0 heterocycles. The minimum atomic E-state index is -0.0937. The van der Waals surface area contributed by atoms with Crippen LogP contribution in [0.3, 0.4) is 0 Å². The van der Waals surface area contributed by atoms with Crippen LogP contribution in [0.15, 0.2) is 17.1 Å². The number of benzene rings is 1. The standard InChI is InChI=1S/C19H30N2O/c1-19(2,3)17-12-16(21(4)5)11-14(18(17)22)13-20-15-9-7-6-8-10-15/h11-13,15,22H,6-10H2,1-5H3. The fourth-order valence-electron chi connectivity index (χ4n) is 2.99. The van der Waals surface area contributed by atoms with Gasteiger partial charge >= 0.3 is 0 Å². The summed E-state index contributed by atoms with van der Waals surface area (Å²) in [6, 6.07) is 4.53. The van der Waals surface area contributed by atoms with Gasteiger partial charge in [-0.05, 0) is 30.4 Å². The zero-order valence-corrected chi connectivity index (χ0v) is 14.7. The third kappa shape index (κ3) is 4.02. The predicted molar refractivity (Wildman–Crippen MR) is 95.6 cm³/mol. The maximum Gasteiger partial charge on any atom is 0.128 e. The van der Waals surface area contributed by atoms with Gasteiger partial charge in [0.25, 0.3) is 0 Å². The summed E-state index contributed by atoms with van der Waals surface area (Å²) < 4.78 is 0. The molecule has 1 aromatic rings. The molecule has 22 heavy (non-hydrogen) atoms. The average molecular weight is 302 g/mol. The van der Waals surface area contributed by atoms with E-state index in [9.17, 15) is 5.11 Å².